The number of nitrogens with two attached hydrogens (primary N) is 1. The van der Waals surface area contributed by atoms with E-state index < -0.39 is 4.92 Å². The van der Waals surface area contributed by atoms with Gasteiger partial charge in [-0.05, 0) is 19.1 Å². The summed E-state index contributed by atoms with van der Waals surface area (Å²) in [7, 11) is 1.57. The molecule has 0 aliphatic carbocycles. The van der Waals surface area contributed by atoms with Crippen molar-refractivity contribution in [3.63, 3.8) is 0 Å². The highest BCUT2D eigenvalue weighted by atomic mass is 16.6. The second kappa shape index (κ2) is 6.49. The van der Waals surface area contributed by atoms with Gasteiger partial charge in [0.25, 0.3) is 11.6 Å². The summed E-state index contributed by atoms with van der Waals surface area (Å²) in [6, 6.07) is 5.62. The summed E-state index contributed by atoms with van der Waals surface area (Å²) < 4.78 is 0. The van der Waals surface area contributed by atoms with E-state index in [0.717, 1.165) is 0 Å². The van der Waals surface area contributed by atoms with E-state index in [1.807, 2.05) is 6.07 Å². The largest absolute Gasteiger partial charge is 0.338 e. The Morgan fingerprint density at radius 2 is 2.30 bits per heavy atom. The maximum atomic E-state index is 12.2. The number of hydrogen-bond acceptors (Lipinski definition) is 6. The minimum absolute atomic E-state index is 0.0576. The van der Waals surface area contributed by atoms with Crippen LogP contribution in [0.4, 0.5) is 11.4 Å². The van der Waals surface area contributed by atoms with Gasteiger partial charge >= 0.3 is 0 Å². The van der Waals surface area contributed by atoms with Crippen molar-refractivity contribution in [2.45, 2.75) is 19.4 Å². The lowest BCUT2D eigenvalue weighted by Crippen LogP contribution is -2.34. The van der Waals surface area contributed by atoms with Gasteiger partial charge in [-0.15, -0.1) is 0 Å². The number of nitrogens with one attached hydrogen (secondary N) is 1. The normalized spacial score (nSPS) is 11.3. The zero-order valence-electron chi connectivity index (χ0n) is 11.2. The molecule has 1 aromatic rings. The summed E-state index contributed by atoms with van der Waals surface area (Å²) in [5.74, 6) is 4.88. The Kier molecular flexibility index (Phi) is 5.00. The molecule has 0 fully saturated rings. The number of nitrogens with zero attached hydrogens (tertiary/aromatic N) is 3. The first kappa shape index (κ1) is 15.4. The molecule has 0 aliphatic heterocycles. The predicted molar refractivity (Wildman–Crippen MR) is 72.7 cm³/mol. The Morgan fingerprint density at radius 1 is 1.65 bits per heavy atom. The SMILES string of the molecule is CC(CC#N)N(C)C(=O)c1ccc([N+](=O)[O-])c(NN)c1. The van der Waals surface area contributed by atoms with Crippen LogP contribution in [0, 0.1) is 21.4 Å². The summed E-state index contributed by atoms with van der Waals surface area (Å²) in [4.78, 5) is 23.8. The summed E-state index contributed by atoms with van der Waals surface area (Å²) in [5, 5.41) is 19.4. The van der Waals surface area contributed by atoms with Crippen LogP contribution in [0.25, 0.3) is 0 Å². The number of nitro benzene ring substituents is 1. The van der Waals surface area contributed by atoms with E-state index in [0.29, 0.717) is 0 Å². The standard InChI is InChI=1S/C12H15N5O3/c1-8(5-6-13)16(2)12(18)9-3-4-11(17(19)20)10(7-9)15-14/h3-4,7-8,15H,5,14H2,1-2H3. The Morgan fingerprint density at radius 3 is 2.80 bits per heavy atom. The fourth-order valence-corrected chi connectivity index (χ4v) is 1.62. The third-order valence-electron chi connectivity index (χ3n) is 2.96. The molecule has 8 nitrogen and oxygen atoms in total. The first-order valence-corrected chi connectivity index (χ1v) is 5.81. The highest BCUT2D eigenvalue weighted by Crippen LogP contribution is 2.25. The average Bonchev–Trinajstić information content (AvgIpc) is 2.44. The minimum atomic E-state index is -0.592. The van der Waals surface area contributed by atoms with Crippen molar-refractivity contribution in [1.29, 1.82) is 5.26 Å². The van der Waals surface area contributed by atoms with E-state index in [9.17, 15) is 14.9 Å². The van der Waals surface area contributed by atoms with Crippen LogP contribution in [0.1, 0.15) is 23.7 Å². The maximum absolute atomic E-state index is 12.2. The molecule has 1 amide bonds. The number of benzene rings is 1. The van der Waals surface area contributed by atoms with Crippen LogP contribution in [-0.2, 0) is 0 Å². The molecule has 0 spiro atoms. The number of rotatable bonds is 5. The van der Waals surface area contributed by atoms with Crippen LogP contribution in [0.3, 0.4) is 0 Å². The van der Waals surface area contributed by atoms with Crippen molar-refractivity contribution in [2.75, 3.05) is 12.5 Å². The van der Waals surface area contributed by atoms with Crippen LogP contribution in [-0.4, -0.2) is 28.8 Å². The quantitative estimate of drug-likeness (QED) is 0.474. The maximum Gasteiger partial charge on any atom is 0.293 e. The van der Waals surface area contributed by atoms with Crippen LogP contribution in [0.15, 0.2) is 18.2 Å². The van der Waals surface area contributed by atoms with Gasteiger partial charge in [0, 0.05) is 24.7 Å². The molecule has 20 heavy (non-hydrogen) atoms. The van der Waals surface area contributed by atoms with E-state index in [2.05, 4.69) is 5.43 Å². The highest BCUT2D eigenvalue weighted by Gasteiger charge is 2.20. The van der Waals surface area contributed by atoms with E-state index in [-0.39, 0.29) is 35.3 Å². The van der Waals surface area contributed by atoms with Crippen LogP contribution in [0.5, 0.6) is 0 Å². The van der Waals surface area contributed by atoms with E-state index in [1.165, 1.54) is 23.1 Å². The third kappa shape index (κ3) is 3.21. The molecule has 1 rings (SSSR count). The second-order valence-corrected chi connectivity index (χ2v) is 4.26. The van der Waals surface area contributed by atoms with Gasteiger partial charge in [0.1, 0.15) is 5.69 Å². The summed E-state index contributed by atoms with van der Waals surface area (Å²) in [6.45, 7) is 1.74. The lowest BCUT2D eigenvalue weighted by molar-refractivity contribution is -0.384. The third-order valence-corrected chi connectivity index (χ3v) is 2.96. The van der Waals surface area contributed by atoms with Gasteiger partial charge in [0.2, 0.25) is 0 Å². The molecule has 0 radical (unpaired) electrons. The molecule has 0 bridgehead atoms. The van der Waals surface area contributed by atoms with Gasteiger partial charge in [0.15, 0.2) is 0 Å². The number of carbonyl (C=O) groups is 1. The second-order valence-electron chi connectivity index (χ2n) is 4.26. The van der Waals surface area contributed by atoms with Crippen molar-refractivity contribution in [3.05, 3.63) is 33.9 Å². The van der Waals surface area contributed by atoms with Crippen LogP contribution >= 0.6 is 0 Å². The summed E-state index contributed by atoms with van der Waals surface area (Å²) >= 11 is 0. The lowest BCUT2D eigenvalue weighted by atomic mass is 10.1. The van der Waals surface area contributed by atoms with Gasteiger partial charge in [-0.25, -0.2) is 0 Å². The first-order valence-electron chi connectivity index (χ1n) is 5.81. The van der Waals surface area contributed by atoms with Crippen LogP contribution in [0.2, 0.25) is 0 Å². The molecule has 8 heteroatoms. The van der Waals surface area contributed by atoms with Crippen molar-refractivity contribution < 1.29 is 9.72 Å². The highest BCUT2D eigenvalue weighted by molar-refractivity contribution is 5.96. The zero-order valence-corrected chi connectivity index (χ0v) is 11.2. The van der Waals surface area contributed by atoms with E-state index >= 15 is 0 Å². The number of carbonyl (C=O) groups excluding carboxylic acids is 1. The number of anilines is 1. The van der Waals surface area contributed by atoms with Crippen molar-refractivity contribution in [2.24, 2.45) is 5.84 Å². The molecule has 1 unspecified atom stereocenters. The number of nitro groups is 1. The molecule has 0 saturated heterocycles. The zero-order chi connectivity index (χ0) is 15.3. The number of nitrogen functional groups attached to an aromatic ring is 1. The smallest absolute Gasteiger partial charge is 0.293 e. The molecule has 0 saturated carbocycles. The minimum Gasteiger partial charge on any atom is -0.338 e. The average molecular weight is 277 g/mol. The molecule has 0 aliphatic rings. The Bertz CT molecular complexity index is 567. The fraction of sp³-hybridized carbons (Fsp3) is 0.333. The molecule has 106 valence electrons. The van der Waals surface area contributed by atoms with Gasteiger partial charge in [-0.1, -0.05) is 0 Å². The summed E-state index contributed by atoms with van der Waals surface area (Å²) in [6.07, 6.45) is 0.206. The van der Waals surface area contributed by atoms with E-state index in [4.69, 9.17) is 11.1 Å². The van der Waals surface area contributed by atoms with Crippen LogP contribution < -0.4 is 11.3 Å². The van der Waals surface area contributed by atoms with Gasteiger partial charge in [0.05, 0.1) is 17.4 Å². The number of hydrazine groups is 1. The fourth-order valence-electron chi connectivity index (χ4n) is 1.62. The van der Waals surface area contributed by atoms with Crippen molar-refractivity contribution in [3.8, 4) is 6.07 Å². The monoisotopic (exact) mass is 277 g/mol. The van der Waals surface area contributed by atoms with E-state index in [1.54, 1.807) is 14.0 Å². The topological polar surface area (TPSA) is 125 Å². The van der Waals surface area contributed by atoms with Crippen molar-refractivity contribution >= 4 is 17.3 Å². The molecule has 1 aromatic carbocycles. The molecule has 3 N–H and O–H groups in total. The predicted octanol–water partition coefficient (Wildman–Crippen LogP) is 1.25. The van der Waals surface area contributed by atoms with Crippen molar-refractivity contribution in [1.82, 2.24) is 4.90 Å². The summed E-state index contributed by atoms with van der Waals surface area (Å²) in [5.41, 5.74) is 2.31. The Hall–Kier alpha value is -2.66. The lowest BCUT2D eigenvalue weighted by Gasteiger charge is -2.23. The Labute approximate surface area is 115 Å². The molecule has 1 atom stereocenters. The first-order chi connectivity index (χ1) is 9.42. The molecular formula is C12H15N5O3. The molecular weight excluding hydrogens is 262 g/mol. The molecule has 0 heterocycles. The molecule has 0 aromatic heterocycles. The number of hydrogen-bond donors (Lipinski definition) is 2. The van der Waals surface area contributed by atoms with Gasteiger partial charge < -0.3 is 10.3 Å². The van der Waals surface area contributed by atoms with Gasteiger partial charge in [-0.2, -0.15) is 5.26 Å². The Balaban J connectivity index is 3.06. The van der Waals surface area contributed by atoms with Gasteiger partial charge in [-0.3, -0.25) is 20.8 Å². The number of amides is 1. The number of nitriles is 1.